The molecule has 18 heteroatoms. The first-order valence-corrected chi connectivity index (χ1v) is 5.99. The molecule has 0 aromatic carbocycles. The molecule has 1 nitrogen and oxygen atoms in total. The molecule has 0 aliphatic carbocycles. The number of nitrogens with two attached hydrogens (primary N) is 1. The van der Waals surface area contributed by atoms with Crippen molar-refractivity contribution in [2.24, 2.45) is 5.73 Å². The zero-order valence-electron chi connectivity index (χ0n) is 12.3. The van der Waals surface area contributed by atoms with Crippen molar-refractivity contribution < 1.29 is 74.6 Å². The monoisotopic (exact) mass is 462 g/mol. The smallest absolute Gasteiger partial charge is 0.322 e. The van der Waals surface area contributed by atoms with Crippen LogP contribution in [0.2, 0.25) is 0 Å². The van der Waals surface area contributed by atoms with Crippen LogP contribution < -0.4 is 5.73 Å². The zero-order valence-corrected chi connectivity index (χ0v) is 12.3. The molecule has 0 aliphatic heterocycles. The van der Waals surface area contributed by atoms with Crippen LogP contribution in [0.1, 0.15) is 0 Å². The summed E-state index contributed by atoms with van der Waals surface area (Å²) in [5.41, 5.74) is 3.99. The van der Waals surface area contributed by atoms with Crippen LogP contribution in [0, 0.1) is 6.92 Å². The fourth-order valence-corrected chi connectivity index (χ4v) is 1.41. The van der Waals surface area contributed by atoms with Crippen LogP contribution in [0.5, 0.6) is 0 Å². The van der Waals surface area contributed by atoms with Gasteiger partial charge in [0.2, 0.25) is 0 Å². The molecule has 2 N–H and O–H groups in total. The molecule has 0 aromatic rings. The molecule has 28 heavy (non-hydrogen) atoms. The van der Waals surface area contributed by atoms with E-state index >= 15 is 0 Å². The Labute approximate surface area is 142 Å². The molecule has 1 unspecified atom stereocenters. The molecular weight excluding hydrogens is 457 g/mol. The third-order valence-electron chi connectivity index (χ3n) is 3.21. The maximum atomic E-state index is 13.1. The standard InChI is InChI=1S/C10H5F17N/c1-2(28)3(11,12)4(13,14)5(15,16)6(17,18)7(19,20)8(21,22)9(23,24)10(25,26)27/h2H,1,28H2. The van der Waals surface area contributed by atoms with Gasteiger partial charge in [-0.25, -0.2) is 0 Å². The second kappa shape index (κ2) is 6.38. The summed E-state index contributed by atoms with van der Waals surface area (Å²) >= 11 is 0. The van der Waals surface area contributed by atoms with Gasteiger partial charge in [-0.05, 0) is 6.92 Å². The van der Waals surface area contributed by atoms with Gasteiger partial charge >= 0.3 is 47.6 Å². The summed E-state index contributed by atoms with van der Waals surface area (Å²) in [6.07, 6.45) is -7.77. The SMILES string of the molecule is [CH2]C(N)C(F)(F)C(F)(F)C(F)(F)C(F)(F)C(F)(F)C(F)(F)C(F)(F)C(F)(F)F. The molecule has 0 fully saturated rings. The highest BCUT2D eigenvalue weighted by Crippen LogP contribution is 2.64. The van der Waals surface area contributed by atoms with Gasteiger partial charge in [-0.1, -0.05) is 0 Å². The van der Waals surface area contributed by atoms with E-state index in [9.17, 15) is 74.6 Å². The van der Waals surface area contributed by atoms with E-state index in [4.69, 9.17) is 0 Å². The quantitative estimate of drug-likeness (QED) is 0.521. The first kappa shape index (κ1) is 26.8. The van der Waals surface area contributed by atoms with Crippen LogP contribution in [0.4, 0.5) is 74.6 Å². The van der Waals surface area contributed by atoms with E-state index in [-0.39, 0.29) is 0 Å². The average molecular weight is 462 g/mol. The van der Waals surface area contributed by atoms with E-state index < -0.39 is 53.7 Å². The van der Waals surface area contributed by atoms with Crippen LogP contribution in [0.25, 0.3) is 0 Å². The van der Waals surface area contributed by atoms with E-state index in [0.29, 0.717) is 0 Å². The second-order valence-corrected chi connectivity index (χ2v) is 5.17. The molecule has 0 rings (SSSR count). The van der Waals surface area contributed by atoms with E-state index in [1.807, 2.05) is 6.92 Å². The Bertz CT molecular complexity index is 571. The molecule has 0 heterocycles. The lowest BCUT2D eigenvalue weighted by Crippen LogP contribution is -2.75. The molecule has 0 aliphatic rings. The maximum absolute atomic E-state index is 13.1. The Balaban J connectivity index is 6.72. The summed E-state index contributed by atoms with van der Waals surface area (Å²) in [6, 6.07) is -3.77. The first-order chi connectivity index (χ1) is 11.7. The molecule has 0 saturated carbocycles. The van der Waals surface area contributed by atoms with Crippen LogP contribution in [-0.2, 0) is 0 Å². The van der Waals surface area contributed by atoms with Crippen molar-refractivity contribution in [1.29, 1.82) is 0 Å². The Morgan fingerprint density at radius 2 is 0.643 bits per heavy atom. The maximum Gasteiger partial charge on any atom is 0.460 e. The van der Waals surface area contributed by atoms with Crippen molar-refractivity contribution in [1.82, 2.24) is 0 Å². The van der Waals surface area contributed by atoms with E-state index in [2.05, 4.69) is 5.73 Å². The van der Waals surface area contributed by atoms with Crippen molar-refractivity contribution in [2.75, 3.05) is 0 Å². The minimum atomic E-state index is -8.63. The fourth-order valence-electron chi connectivity index (χ4n) is 1.41. The normalized spacial score (nSPS) is 17.7. The molecule has 0 saturated heterocycles. The van der Waals surface area contributed by atoms with Crippen molar-refractivity contribution in [3.8, 4) is 0 Å². The van der Waals surface area contributed by atoms with Gasteiger partial charge < -0.3 is 5.73 Å². The van der Waals surface area contributed by atoms with E-state index in [0.717, 1.165) is 0 Å². The molecule has 1 radical (unpaired) electrons. The zero-order chi connectivity index (χ0) is 23.6. The molecule has 1 atom stereocenters. The molecule has 169 valence electrons. The predicted octanol–water partition coefficient (Wildman–Crippen LogP) is 5.16. The Hall–Kier alpha value is -1.23. The molecule has 0 spiro atoms. The summed E-state index contributed by atoms with van der Waals surface area (Å²) < 4.78 is 217. The predicted molar refractivity (Wildman–Crippen MR) is 54.0 cm³/mol. The third kappa shape index (κ3) is 3.05. The second-order valence-electron chi connectivity index (χ2n) is 5.17. The van der Waals surface area contributed by atoms with Crippen molar-refractivity contribution >= 4 is 0 Å². The minimum Gasteiger partial charge on any atom is -0.322 e. The Morgan fingerprint density at radius 3 is 0.857 bits per heavy atom. The highest BCUT2D eigenvalue weighted by atomic mass is 19.4. The van der Waals surface area contributed by atoms with E-state index in [1.165, 1.54) is 0 Å². The number of rotatable bonds is 7. The topological polar surface area (TPSA) is 26.0 Å². The summed E-state index contributed by atoms with van der Waals surface area (Å²) in [5.74, 6) is -56.6. The molecular formula is C10H5F17N. The number of hydrogen-bond donors (Lipinski definition) is 1. The van der Waals surface area contributed by atoms with Gasteiger partial charge in [-0.15, -0.1) is 0 Å². The van der Waals surface area contributed by atoms with Gasteiger partial charge in [0.1, 0.15) is 0 Å². The number of hydrogen-bond acceptors (Lipinski definition) is 1. The number of alkyl halides is 17. The largest absolute Gasteiger partial charge is 0.460 e. The first-order valence-electron chi connectivity index (χ1n) is 5.99. The fraction of sp³-hybridized carbons (Fsp3) is 0.900. The summed E-state index contributed by atoms with van der Waals surface area (Å²) in [5, 5.41) is 0. The van der Waals surface area contributed by atoms with E-state index in [1.54, 1.807) is 0 Å². The summed E-state index contributed by atoms with van der Waals surface area (Å²) in [4.78, 5) is 0. The average Bonchev–Trinajstić information content (AvgIpc) is 2.44. The third-order valence-corrected chi connectivity index (χ3v) is 3.21. The summed E-state index contributed by atoms with van der Waals surface area (Å²) in [7, 11) is 0. The summed E-state index contributed by atoms with van der Waals surface area (Å²) in [6.45, 7) is 1.82. The highest BCUT2D eigenvalue weighted by Gasteiger charge is 2.95. The van der Waals surface area contributed by atoms with Crippen LogP contribution in [0.15, 0.2) is 0 Å². The van der Waals surface area contributed by atoms with Gasteiger partial charge in [-0.3, -0.25) is 0 Å². The van der Waals surface area contributed by atoms with Crippen molar-refractivity contribution in [3.63, 3.8) is 0 Å². The van der Waals surface area contributed by atoms with Crippen LogP contribution in [0.3, 0.4) is 0 Å². The molecule has 0 bridgehead atoms. The molecule has 0 amide bonds. The Kier molecular flexibility index (Phi) is 6.10. The van der Waals surface area contributed by atoms with Gasteiger partial charge in [0.25, 0.3) is 0 Å². The van der Waals surface area contributed by atoms with Crippen molar-refractivity contribution in [3.05, 3.63) is 6.92 Å². The lowest BCUT2D eigenvalue weighted by molar-refractivity contribution is -0.461. The van der Waals surface area contributed by atoms with Crippen LogP contribution >= 0.6 is 0 Å². The van der Waals surface area contributed by atoms with Crippen LogP contribution in [-0.4, -0.2) is 53.7 Å². The van der Waals surface area contributed by atoms with Gasteiger partial charge in [0, 0.05) is 0 Å². The van der Waals surface area contributed by atoms with Crippen molar-refractivity contribution in [2.45, 2.75) is 53.7 Å². The minimum absolute atomic E-state index is 1.82. The number of halogens is 17. The lowest BCUT2D eigenvalue weighted by atomic mass is 9.87. The van der Waals surface area contributed by atoms with Gasteiger partial charge in [0.15, 0.2) is 0 Å². The lowest BCUT2D eigenvalue weighted by Gasteiger charge is -2.43. The Morgan fingerprint density at radius 1 is 0.429 bits per heavy atom. The highest BCUT2D eigenvalue weighted by molar-refractivity contribution is 5.16. The molecule has 0 aromatic heterocycles. The van der Waals surface area contributed by atoms with Gasteiger partial charge in [-0.2, -0.15) is 74.6 Å². The van der Waals surface area contributed by atoms with Gasteiger partial charge in [0.05, 0.1) is 6.04 Å².